The molecule has 2 aromatic heterocycles. The van der Waals surface area contributed by atoms with Gasteiger partial charge in [-0.2, -0.15) is 0 Å². The van der Waals surface area contributed by atoms with Crippen LogP contribution in [0.15, 0.2) is 46.0 Å². The van der Waals surface area contributed by atoms with Crippen LogP contribution in [0.3, 0.4) is 0 Å². The van der Waals surface area contributed by atoms with Crippen LogP contribution >= 0.6 is 22.6 Å². The monoisotopic (exact) mass is 527 g/mol. The van der Waals surface area contributed by atoms with Crippen LogP contribution < -0.4 is 20.7 Å². The van der Waals surface area contributed by atoms with Gasteiger partial charge < -0.3 is 9.47 Å². The summed E-state index contributed by atoms with van der Waals surface area (Å²) in [6, 6.07) is 10.6. The van der Waals surface area contributed by atoms with Crippen molar-refractivity contribution in [2.45, 2.75) is 0 Å². The molecule has 0 spiro atoms. The lowest BCUT2D eigenvalue weighted by atomic mass is 9.95. The highest BCUT2D eigenvalue weighted by Gasteiger charge is 2.33. The van der Waals surface area contributed by atoms with Crippen molar-refractivity contribution in [3.63, 3.8) is 0 Å². The average molecular weight is 527 g/mol. The minimum Gasteiger partial charge on any atom is -0.493 e. The van der Waals surface area contributed by atoms with E-state index in [1.54, 1.807) is 30.3 Å². The molecule has 4 aromatic rings. The molecule has 0 unspecified atom stereocenters. The molecule has 5 rings (SSSR count). The molecule has 0 bridgehead atoms. The first kappa shape index (κ1) is 19.5. The molecule has 0 amide bonds. The molecule has 2 heterocycles. The highest BCUT2D eigenvalue weighted by Crippen LogP contribution is 2.45. The van der Waals surface area contributed by atoms with E-state index in [0.717, 1.165) is 3.57 Å². The van der Waals surface area contributed by atoms with Gasteiger partial charge in [0.15, 0.2) is 17.3 Å². The molecule has 0 fully saturated rings. The number of pyridine rings is 1. The fraction of sp³-hybridized carbons (Fsp3) is 0.0909. The lowest BCUT2D eigenvalue weighted by molar-refractivity contribution is 0.104. The number of carbonyl (C=O) groups excluding carboxylic acids is 1. The Labute approximate surface area is 188 Å². The molecule has 31 heavy (non-hydrogen) atoms. The third kappa shape index (κ3) is 2.80. The summed E-state index contributed by atoms with van der Waals surface area (Å²) in [4.78, 5) is 47.5. The van der Waals surface area contributed by atoms with Gasteiger partial charge in [0, 0.05) is 16.7 Å². The number of ether oxygens (including phenoxy) is 2. The number of hydrogen-bond donors (Lipinski definition) is 2. The van der Waals surface area contributed by atoms with Gasteiger partial charge in [-0.05, 0) is 40.3 Å². The van der Waals surface area contributed by atoms with Crippen molar-refractivity contribution in [2.75, 3.05) is 14.2 Å². The molecule has 0 radical (unpaired) electrons. The van der Waals surface area contributed by atoms with Crippen LogP contribution in [0.1, 0.15) is 15.9 Å². The Morgan fingerprint density at radius 1 is 0.935 bits per heavy atom. The minimum atomic E-state index is -0.671. The molecule has 1 aliphatic rings. The number of carbonyl (C=O) groups is 1. The quantitative estimate of drug-likeness (QED) is 0.349. The van der Waals surface area contributed by atoms with Crippen molar-refractivity contribution >= 4 is 39.4 Å². The highest BCUT2D eigenvalue weighted by molar-refractivity contribution is 14.1. The molecule has 0 aliphatic heterocycles. The largest absolute Gasteiger partial charge is 0.493 e. The summed E-state index contributed by atoms with van der Waals surface area (Å²) in [5, 5.41) is 0.127. The molecule has 1 aliphatic carbocycles. The lowest BCUT2D eigenvalue weighted by Gasteiger charge is -2.15. The van der Waals surface area contributed by atoms with Crippen molar-refractivity contribution in [3.8, 4) is 33.9 Å². The summed E-state index contributed by atoms with van der Waals surface area (Å²) in [5.41, 5.74) is 1.66. The fourth-order valence-corrected chi connectivity index (χ4v) is 4.81. The van der Waals surface area contributed by atoms with Crippen molar-refractivity contribution < 1.29 is 14.3 Å². The molecule has 9 heteroatoms. The van der Waals surface area contributed by atoms with E-state index in [1.165, 1.54) is 14.2 Å². The van der Waals surface area contributed by atoms with Gasteiger partial charge in [0.25, 0.3) is 5.56 Å². The maximum Gasteiger partial charge on any atom is 0.327 e. The van der Waals surface area contributed by atoms with Crippen LogP contribution in [0.2, 0.25) is 0 Å². The first-order valence-corrected chi connectivity index (χ1v) is 10.3. The van der Waals surface area contributed by atoms with Crippen LogP contribution in [-0.4, -0.2) is 35.0 Å². The van der Waals surface area contributed by atoms with Crippen LogP contribution in [-0.2, 0) is 0 Å². The molecule has 8 nitrogen and oxygen atoms in total. The zero-order chi connectivity index (χ0) is 21.9. The summed E-state index contributed by atoms with van der Waals surface area (Å²) in [7, 11) is 3.05. The highest BCUT2D eigenvalue weighted by atomic mass is 127. The number of benzene rings is 2. The van der Waals surface area contributed by atoms with E-state index in [0.29, 0.717) is 45.0 Å². The Kier molecular flexibility index (Phi) is 4.43. The molecule has 0 saturated carbocycles. The number of fused-ring (bicyclic) bond motifs is 4. The van der Waals surface area contributed by atoms with Gasteiger partial charge in [0.1, 0.15) is 5.65 Å². The van der Waals surface area contributed by atoms with Crippen molar-refractivity contribution in [2.24, 2.45) is 0 Å². The maximum absolute atomic E-state index is 13.4. The number of methoxy groups -OCH3 is 2. The second-order valence-corrected chi connectivity index (χ2v) is 8.07. The average Bonchev–Trinajstić information content (AvgIpc) is 3.03. The van der Waals surface area contributed by atoms with Gasteiger partial charge in [-0.3, -0.25) is 19.6 Å². The Bertz CT molecular complexity index is 1540. The summed E-state index contributed by atoms with van der Waals surface area (Å²) in [5.74, 6) is 0.760. The fourth-order valence-electron chi connectivity index (χ4n) is 3.99. The number of nitrogens with zero attached hydrogens (tertiary/aromatic N) is 1. The van der Waals surface area contributed by atoms with E-state index in [2.05, 4.69) is 37.5 Å². The first-order chi connectivity index (χ1) is 14.9. The Hall–Kier alpha value is -3.47. The molecular formula is C22H14IN3O5. The number of H-pyrrole nitrogens is 2. The SMILES string of the molecule is COc1cc(-c2c3c(nc4[nH]c(=O)[nH]c(=O)c24)-c2ccccc2C3=O)cc(I)c1OC. The van der Waals surface area contributed by atoms with Gasteiger partial charge >= 0.3 is 5.69 Å². The third-order valence-corrected chi connectivity index (χ3v) is 6.06. The summed E-state index contributed by atoms with van der Waals surface area (Å²) in [6.07, 6.45) is 0. The van der Waals surface area contributed by atoms with Crippen molar-refractivity contribution in [1.29, 1.82) is 0 Å². The number of halogens is 1. The van der Waals surface area contributed by atoms with Gasteiger partial charge in [0.05, 0.1) is 34.4 Å². The second kappa shape index (κ2) is 7.05. The summed E-state index contributed by atoms with van der Waals surface area (Å²) < 4.78 is 11.6. The number of rotatable bonds is 3. The van der Waals surface area contributed by atoms with E-state index >= 15 is 0 Å². The number of aromatic nitrogens is 3. The Balaban J connectivity index is 1.99. The van der Waals surface area contributed by atoms with Crippen LogP contribution in [0.4, 0.5) is 0 Å². The molecular weight excluding hydrogens is 513 g/mol. The van der Waals surface area contributed by atoms with Crippen molar-refractivity contribution in [1.82, 2.24) is 15.0 Å². The lowest BCUT2D eigenvalue weighted by Crippen LogP contribution is -2.23. The van der Waals surface area contributed by atoms with E-state index in [4.69, 9.17) is 9.47 Å². The molecule has 0 saturated heterocycles. The number of ketones is 1. The van der Waals surface area contributed by atoms with Crippen LogP contribution in [0, 0.1) is 3.57 Å². The van der Waals surface area contributed by atoms with E-state index < -0.39 is 11.2 Å². The van der Waals surface area contributed by atoms with Crippen LogP contribution in [0.25, 0.3) is 33.4 Å². The standard InChI is InChI=1S/C22H14IN3O5/c1-30-13-8-9(7-12(23)19(13)31-2)14-15-17(10-5-3-4-6-11(10)18(15)27)24-20-16(14)21(28)26-22(29)25-20/h3-8H,1-2H3,(H2,24,25,26,28,29). The smallest absolute Gasteiger partial charge is 0.327 e. The number of hydrogen-bond acceptors (Lipinski definition) is 6. The normalized spacial score (nSPS) is 12.0. The van der Waals surface area contributed by atoms with E-state index in [1.807, 2.05) is 6.07 Å². The van der Waals surface area contributed by atoms with Gasteiger partial charge in [-0.1, -0.05) is 24.3 Å². The molecule has 2 aromatic carbocycles. The first-order valence-electron chi connectivity index (χ1n) is 9.21. The molecule has 154 valence electrons. The predicted octanol–water partition coefficient (Wildman–Crippen LogP) is 3.11. The summed E-state index contributed by atoms with van der Waals surface area (Å²) in [6.45, 7) is 0. The third-order valence-electron chi connectivity index (χ3n) is 5.26. The summed E-state index contributed by atoms with van der Waals surface area (Å²) >= 11 is 2.10. The van der Waals surface area contributed by atoms with E-state index in [-0.39, 0.29) is 16.8 Å². The van der Waals surface area contributed by atoms with Crippen LogP contribution in [0.5, 0.6) is 11.5 Å². The maximum atomic E-state index is 13.4. The van der Waals surface area contributed by atoms with Crippen molar-refractivity contribution in [3.05, 3.63) is 71.9 Å². The Morgan fingerprint density at radius 3 is 2.39 bits per heavy atom. The molecule has 2 N–H and O–H groups in total. The zero-order valence-electron chi connectivity index (χ0n) is 16.3. The van der Waals surface area contributed by atoms with Gasteiger partial charge in [0.2, 0.25) is 0 Å². The number of nitrogens with one attached hydrogen (secondary N) is 2. The van der Waals surface area contributed by atoms with Gasteiger partial charge in [-0.25, -0.2) is 9.78 Å². The van der Waals surface area contributed by atoms with Gasteiger partial charge in [-0.15, -0.1) is 0 Å². The molecule has 0 atom stereocenters. The minimum absolute atomic E-state index is 0.108. The zero-order valence-corrected chi connectivity index (χ0v) is 18.5. The predicted molar refractivity (Wildman–Crippen MR) is 123 cm³/mol. The topological polar surface area (TPSA) is 114 Å². The Morgan fingerprint density at radius 2 is 1.68 bits per heavy atom. The number of aromatic amines is 2. The van der Waals surface area contributed by atoms with E-state index in [9.17, 15) is 14.4 Å². The second-order valence-electron chi connectivity index (χ2n) is 6.91.